The van der Waals surface area contributed by atoms with Crippen LogP contribution in [0.15, 0.2) is 12.4 Å². The first kappa shape index (κ1) is 14.2. The summed E-state index contributed by atoms with van der Waals surface area (Å²) in [5, 5.41) is 3.26. The predicted molar refractivity (Wildman–Crippen MR) is 77.9 cm³/mol. The minimum absolute atomic E-state index is 0.502. The lowest BCUT2D eigenvalue weighted by atomic mass is 10.2. The molecule has 2 rings (SSSR count). The summed E-state index contributed by atoms with van der Waals surface area (Å²) in [7, 11) is 1.57. The summed E-state index contributed by atoms with van der Waals surface area (Å²) in [6.45, 7) is 6.96. The summed E-state index contributed by atoms with van der Waals surface area (Å²) < 4.78 is 5.11. The van der Waals surface area contributed by atoms with Crippen LogP contribution in [0, 0.1) is 6.92 Å². The molecule has 0 saturated carbocycles. The number of aryl methyl sites for hydroxylation is 1. The predicted octanol–water partition coefficient (Wildman–Crippen LogP) is 2.24. The third-order valence-corrected chi connectivity index (χ3v) is 3.01. The van der Waals surface area contributed by atoms with E-state index in [0.29, 0.717) is 17.4 Å². The van der Waals surface area contributed by atoms with Gasteiger partial charge in [0.25, 0.3) is 0 Å². The number of nitrogens with one attached hydrogen (secondary N) is 1. The number of nitrogens with zero attached hydrogens (tertiary/aromatic N) is 4. The molecule has 6 heteroatoms. The zero-order valence-corrected chi connectivity index (χ0v) is 12.3. The maximum Gasteiger partial charge on any atom is 0.216 e. The molecule has 20 heavy (non-hydrogen) atoms. The second kappa shape index (κ2) is 6.27. The second-order valence-electron chi connectivity index (χ2n) is 4.30. The molecule has 0 amide bonds. The monoisotopic (exact) mass is 273 g/mol. The Morgan fingerprint density at radius 3 is 2.65 bits per heavy atom. The van der Waals surface area contributed by atoms with Crippen molar-refractivity contribution in [3.05, 3.63) is 23.7 Å². The molecule has 6 nitrogen and oxygen atoms in total. The molecule has 2 aromatic heterocycles. The molecule has 0 aliphatic rings. The van der Waals surface area contributed by atoms with Gasteiger partial charge >= 0.3 is 0 Å². The van der Waals surface area contributed by atoms with E-state index in [-0.39, 0.29) is 0 Å². The van der Waals surface area contributed by atoms with Crippen molar-refractivity contribution >= 4 is 5.82 Å². The molecule has 0 radical (unpaired) electrons. The maximum atomic E-state index is 5.11. The fourth-order valence-corrected chi connectivity index (χ4v) is 1.93. The lowest BCUT2D eigenvalue weighted by molar-refractivity contribution is 0.397. The number of hydrogen-bond acceptors (Lipinski definition) is 6. The molecule has 2 aromatic rings. The lowest BCUT2D eigenvalue weighted by Crippen LogP contribution is -2.08. The third-order valence-electron chi connectivity index (χ3n) is 3.01. The minimum atomic E-state index is 0.502. The van der Waals surface area contributed by atoms with E-state index in [2.05, 4.69) is 32.2 Å². The normalized spacial score (nSPS) is 10.4. The minimum Gasteiger partial charge on any atom is -0.481 e. The molecule has 1 N–H and O–H groups in total. The van der Waals surface area contributed by atoms with Crippen LogP contribution in [-0.4, -0.2) is 33.6 Å². The van der Waals surface area contributed by atoms with Gasteiger partial charge in [0.05, 0.1) is 7.11 Å². The van der Waals surface area contributed by atoms with Gasteiger partial charge in [0.15, 0.2) is 5.82 Å². The zero-order valence-electron chi connectivity index (χ0n) is 12.3. The van der Waals surface area contributed by atoms with Gasteiger partial charge < -0.3 is 10.1 Å². The van der Waals surface area contributed by atoms with Crippen molar-refractivity contribution < 1.29 is 4.74 Å². The van der Waals surface area contributed by atoms with E-state index in [4.69, 9.17) is 4.74 Å². The van der Waals surface area contributed by atoms with Crippen LogP contribution in [0.1, 0.15) is 25.1 Å². The van der Waals surface area contributed by atoms with Gasteiger partial charge in [-0.15, -0.1) is 0 Å². The average molecular weight is 273 g/mol. The standard InChI is InChI=1S/C14H19N5O/c1-5-10-9(3)13(15-6-2)19-14(18-10)11-7-12(20-4)17-8-16-11/h7-8H,5-6H2,1-4H3,(H,15,18,19). The number of aromatic nitrogens is 4. The van der Waals surface area contributed by atoms with Crippen molar-refractivity contribution in [2.75, 3.05) is 19.0 Å². The molecular formula is C14H19N5O. The van der Waals surface area contributed by atoms with Crippen molar-refractivity contribution in [1.29, 1.82) is 0 Å². The first-order valence-corrected chi connectivity index (χ1v) is 6.67. The first-order chi connectivity index (χ1) is 9.69. The highest BCUT2D eigenvalue weighted by molar-refractivity contribution is 5.57. The van der Waals surface area contributed by atoms with Crippen LogP contribution < -0.4 is 10.1 Å². The van der Waals surface area contributed by atoms with E-state index in [1.54, 1.807) is 13.2 Å². The number of anilines is 1. The molecule has 0 aliphatic carbocycles. The van der Waals surface area contributed by atoms with Gasteiger partial charge in [-0.25, -0.2) is 19.9 Å². The Bertz CT molecular complexity index is 600. The van der Waals surface area contributed by atoms with Crippen molar-refractivity contribution in [1.82, 2.24) is 19.9 Å². The summed E-state index contributed by atoms with van der Waals surface area (Å²) in [5.41, 5.74) is 2.76. The molecule has 0 bridgehead atoms. The van der Waals surface area contributed by atoms with Crippen LogP contribution >= 0.6 is 0 Å². The van der Waals surface area contributed by atoms with Crippen molar-refractivity contribution in [2.24, 2.45) is 0 Å². The summed E-state index contributed by atoms with van der Waals surface area (Å²) in [5.74, 6) is 1.94. The van der Waals surface area contributed by atoms with E-state index < -0.39 is 0 Å². The highest BCUT2D eigenvalue weighted by Crippen LogP contribution is 2.22. The van der Waals surface area contributed by atoms with Crippen LogP contribution in [0.25, 0.3) is 11.5 Å². The van der Waals surface area contributed by atoms with Gasteiger partial charge in [-0.05, 0) is 20.3 Å². The van der Waals surface area contributed by atoms with Crippen LogP contribution in [0.4, 0.5) is 5.82 Å². The molecular weight excluding hydrogens is 254 g/mol. The Morgan fingerprint density at radius 1 is 1.20 bits per heavy atom. The van der Waals surface area contributed by atoms with E-state index in [1.807, 2.05) is 13.8 Å². The summed E-state index contributed by atoms with van der Waals surface area (Å²) >= 11 is 0. The quantitative estimate of drug-likeness (QED) is 0.900. The van der Waals surface area contributed by atoms with E-state index in [1.165, 1.54) is 6.33 Å². The van der Waals surface area contributed by atoms with E-state index in [9.17, 15) is 0 Å². The van der Waals surface area contributed by atoms with Crippen LogP contribution in [0.5, 0.6) is 5.88 Å². The van der Waals surface area contributed by atoms with Gasteiger partial charge in [-0.1, -0.05) is 6.92 Å². The van der Waals surface area contributed by atoms with Gasteiger partial charge in [-0.3, -0.25) is 0 Å². The van der Waals surface area contributed by atoms with Crippen LogP contribution in [0.3, 0.4) is 0 Å². The topological polar surface area (TPSA) is 72.8 Å². The Morgan fingerprint density at radius 2 is 2.00 bits per heavy atom. The highest BCUT2D eigenvalue weighted by atomic mass is 16.5. The van der Waals surface area contributed by atoms with Gasteiger partial charge in [0.2, 0.25) is 5.88 Å². The van der Waals surface area contributed by atoms with Crippen molar-refractivity contribution in [2.45, 2.75) is 27.2 Å². The Kier molecular flexibility index (Phi) is 4.45. The zero-order chi connectivity index (χ0) is 14.5. The summed E-state index contributed by atoms with van der Waals surface area (Å²) in [4.78, 5) is 17.3. The summed E-state index contributed by atoms with van der Waals surface area (Å²) in [6, 6.07) is 1.74. The Labute approximate surface area is 118 Å². The Balaban J connectivity index is 2.52. The average Bonchev–Trinajstić information content (AvgIpc) is 2.49. The van der Waals surface area contributed by atoms with E-state index in [0.717, 1.165) is 30.0 Å². The maximum absolute atomic E-state index is 5.11. The van der Waals surface area contributed by atoms with Crippen LogP contribution in [-0.2, 0) is 6.42 Å². The second-order valence-corrected chi connectivity index (χ2v) is 4.30. The fourth-order valence-electron chi connectivity index (χ4n) is 1.93. The fraction of sp³-hybridized carbons (Fsp3) is 0.429. The molecule has 2 heterocycles. The molecule has 0 aromatic carbocycles. The molecule has 0 unspecified atom stereocenters. The smallest absolute Gasteiger partial charge is 0.216 e. The van der Waals surface area contributed by atoms with Crippen LogP contribution in [0.2, 0.25) is 0 Å². The molecule has 0 fully saturated rings. The molecule has 0 atom stereocenters. The summed E-state index contributed by atoms with van der Waals surface area (Å²) in [6.07, 6.45) is 2.30. The van der Waals surface area contributed by atoms with Gasteiger partial charge in [0, 0.05) is 23.9 Å². The van der Waals surface area contributed by atoms with Gasteiger partial charge in [0.1, 0.15) is 17.8 Å². The van der Waals surface area contributed by atoms with Crippen molar-refractivity contribution in [3.8, 4) is 17.4 Å². The number of methoxy groups -OCH3 is 1. The highest BCUT2D eigenvalue weighted by Gasteiger charge is 2.12. The number of ether oxygens (including phenoxy) is 1. The molecule has 0 aliphatic heterocycles. The third kappa shape index (κ3) is 2.84. The lowest BCUT2D eigenvalue weighted by Gasteiger charge is -2.12. The molecule has 0 spiro atoms. The van der Waals surface area contributed by atoms with Crippen molar-refractivity contribution in [3.63, 3.8) is 0 Å². The first-order valence-electron chi connectivity index (χ1n) is 6.67. The van der Waals surface area contributed by atoms with E-state index >= 15 is 0 Å². The SMILES string of the molecule is CCNc1nc(-c2cc(OC)ncn2)nc(CC)c1C. The Hall–Kier alpha value is -2.24. The molecule has 106 valence electrons. The van der Waals surface area contributed by atoms with Gasteiger partial charge in [-0.2, -0.15) is 0 Å². The number of hydrogen-bond donors (Lipinski definition) is 1. The largest absolute Gasteiger partial charge is 0.481 e. The number of rotatable bonds is 5. The molecule has 0 saturated heterocycles.